The van der Waals surface area contributed by atoms with E-state index in [1.54, 1.807) is 6.07 Å². The molecule has 2 rings (SSSR count). The zero-order chi connectivity index (χ0) is 19.5. The van der Waals surface area contributed by atoms with E-state index in [0.717, 1.165) is 11.3 Å². The van der Waals surface area contributed by atoms with Gasteiger partial charge in [-0.2, -0.15) is 4.31 Å². The van der Waals surface area contributed by atoms with Crippen LogP contribution in [0.2, 0.25) is 0 Å². The summed E-state index contributed by atoms with van der Waals surface area (Å²) < 4.78 is 25.7. The van der Waals surface area contributed by atoms with Crippen LogP contribution < -0.4 is 10.2 Å². The van der Waals surface area contributed by atoms with Crippen molar-refractivity contribution in [2.75, 3.05) is 30.6 Å². The van der Waals surface area contributed by atoms with Crippen molar-refractivity contribution in [3.8, 4) is 0 Å². The molecule has 0 saturated carbocycles. The van der Waals surface area contributed by atoms with E-state index < -0.39 is 10.0 Å². The van der Waals surface area contributed by atoms with E-state index in [1.165, 1.54) is 21.9 Å². The second-order valence-corrected chi connectivity index (χ2v) is 9.45. The van der Waals surface area contributed by atoms with Crippen molar-refractivity contribution in [2.45, 2.75) is 26.4 Å². The summed E-state index contributed by atoms with van der Waals surface area (Å²) in [6, 6.07) is 8.97. The molecule has 0 atom stereocenters. The molecule has 1 N–H and O–H groups in total. The number of hydrogen-bond acceptors (Lipinski definition) is 5. The van der Waals surface area contributed by atoms with Gasteiger partial charge in [0.2, 0.25) is 10.0 Å². The molecule has 26 heavy (non-hydrogen) atoms. The van der Waals surface area contributed by atoms with Crippen molar-refractivity contribution in [3.63, 3.8) is 0 Å². The van der Waals surface area contributed by atoms with E-state index in [4.69, 9.17) is 0 Å². The molecule has 0 saturated heterocycles. The molecule has 0 spiro atoms. The molecule has 0 aliphatic rings. The van der Waals surface area contributed by atoms with E-state index in [-0.39, 0.29) is 18.5 Å². The molecule has 8 heteroatoms. The number of nitrogens with zero attached hydrogens (tertiary/aromatic N) is 2. The zero-order valence-electron chi connectivity index (χ0n) is 15.7. The normalized spacial score (nSPS) is 11.8. The number of rotatable bonds is 7. The van der Waals surface area contributed by atoms with Gasteiger partial charge in [-0.1, -0.05) is 6.07 Å². The van der Waals surface area contributed by atoms with Crippen LogP contribution in [-0.2, 0) is 16.6 Å². The summed E-state index contributed by atoms with van der Waals surface area (Å²) >= 11 is 1.37. The van der Waals surface area contributed by atoms with E-state index in [0.29, 0.717) is 10.6 Å². The highest BCUT2D eigenvalue weighted by Crippen LogP contribution is 2.26. The van der Waals surface area contributed by atoms with Crippen molar-refractivity contribution in [3.05, 3.63) is 46.2 Å². The van der Waals surface area contributed by atoms with Gasteiger partial charge in [0.15, 0.2) is 0 Å². The first-order valence-corrected chi connectivity index (χ1v) is 10.9. The Balaban J connectivity index is 2.35. The number of thiophene rings is 1. The standard InChI is InChI=1S/C18H25N3O3S2/c1-13(2)21(26(5,23)24)12-14-11-15(8-9-16(14)20(3)4)19-18(22)17-7-6-10-25-17/h6-11,13H,12H2,1-5H3,(H,19,22). The molecule has 1 aromatic heterocycles. The van der Waals surface area contributed by atoms with Crippen molar-refractivity contribution in [2.24, 2.45) is 0 Å². The van der Waals surface area contributed by atoms with Crippen LogP contribution >= 0.6 is 11.3 Å². The molecule has 0 unspecified atom stereocenters. The number of benzene rings is 1. The largest absolute Gasteiger partial charge is 0.377 e. The van der Waals surface area contributed by atoms with E-state index in [9.17, 15) is 13.2 Å². The van der Waals surface area contributed by atoms with Gasteiger partial charge < -0.3 is 10.2 Å². The molecule has 0 aliphatic heterocycles. The topological polar surface area (TPSA) is 69.7 Å². The van der Waals surface area contributed by atoms with Gasteiger partial charge in [-0.05, 0) is 49.1 Å². The highest BCUT2D eigenvalue weighted by atomic mass is 32.2. The number of hydrogen-bond donors (Lipinski definition) is 1. The average Bonchev–Trinajstić information content (AvgIpc) is 3.05. The Morgan fingerprint density at radius 1 is 1.23 bits per heavy atom. The highest BCUT2D eigenvalue weighted by Gasteiger charge is 2.22. The third kappa shape index (κ3) is 5.06. The monoisotopic (exact) mass is 395 g/mol. The van der Waals surface area contributed by atoms with Gasteiger partial charge >= 0.3 is 0 Å². The first-order valence-electron chi connectivity index (χ1n) is 8.21. The summed E-state index contributed by atoms with van der Waals surface area (Å²) in [6.45, 7) is 3.93. The number of sulfonamides is 1. The number of anilines is 2. The maximum absolute atomic E-state index is 12.3. The summed E-state index contributed by atoms with van der Waals surface area (Å²) in [5.74, 6) is -0.174. The Bertz CT molecular complexity index is 860. The number of nitrogens with one attached hydrogen (secondary N) is 1. The molecule has 0 bridgehead atoms. The molecule has 142 valence electrons. The predicted molar refractivity (Wildman–Crippen MR) is 109 cm³/mol. The van der Waals surface area contributed by atoms with Crippen LogP contribution in [0.15, 0.2) is 35.7 Å². The molecule has 1 aromatic carbocycles. The first-order chi connectivity index (χ1) is 12.1. The molecular formula is C18H25N3O3S2. The predicted octanol–water partition coefficient (Wildman–Crippen LogP) is 3.24. The van der Waals surface area contributed by atoms with E-state index >= 15 is 0 Å². The summed E-state index contributed by atoms with van der Waals surface area (Å²) in [6.07, 6.45) is 1.21. The molecule has 1 heterocycles. The minimum atomic E-state index is -3.35. The summed E-state index contributed by atoms with van der Waals surface area (Å²) in [4.78, 5) is 14.8. The minimum absolute atomic E-state index is 0.163. The fraction of sp³-hybridized carbons (Fsp3) is 0.389. The van der Waals surface area contributed by atoms with Gasteiger partial charge in [0.05, 0.1) is 11.1 Å². The van der Waals surface area contributed by atoms with Crippen LogP contribution in [0.4, 0.5) is 11.4 Å². The smallest absolute Gasteiger partial charge is 0.265 e. The van der Waals surface area contributed by atoms with Crippen LogP contribution in [0.1, 0.15) is 29.1 Å². The second kappa shape index (κ2) is 8.20. The van der Waals surface area contributed by atoms with Gasteiger partial charge in [-0.3, -0.25) is 4.79 Å². The second-order valence-electron chi connectivity index (χ2n) is 6.57. The first kappa shape index (κ1) is 20.4. The number of carbonyl (C=O) groups excluding carboxylic acids is 1. The lowest BCUT2D eigenvalue weighted by molar-refractivity contribution is 0.103. The van der Waals surface area contributed by atoms with Gasteiger partial charge in [0.25, 0.3) is 5.91 Å². The Kier molecular flexibility index (Phi) is 6.44. The van der Waals surface area contributed by atoms with E-state index in [1.807, 2.05) is 62.5 Å². The van der Waals surface area contributed by atoms with Gasteiger partial charge in [0.1, 0.15) is 0 Å². The molecule has 0 radical (unpaired) electrons. The Hall–Kier alpha value is -1.90. The SMILES string of the molecule is CC(C)N(Cc1cc(NC(=O)c2cccs2)ccc1N(C)C)S(C)(=O)=O. The molecule has 2 aromatic rings. The lowest BCUT2D eigenvalue weighted by Crippen LogP contribution is -2.36. The molecule has 0 fully saturated rings. The Morgan fingerprint density at radius 2 is 1.92 bits per heavy atom. The van der Waals surface area contributed by atoms with Crippen molar-refractivity contribution < 1.29 is 13.2 Å². The van der Waals surface area contributed by atoms with Gasteiger partial charge in [-0.25, -0.2) is 8.42 Å². The minimum Gasteiger partial charge on any atom is -0.377 e. The fourth-order valence-electron chi connectivity index (χ4n) is 2.68. The van der Waals surface area contributed by atoms with Crippen LogP contribution in [0.5, 0.6) is 0 Å². The summed E-state index contributed by atoms with van der Waals surface area (Å²) in [5.41, 5.74) is 2.38. The third-order valence-corrected chi connectivity index (χ3v) is 6.16. The summed E-state index contributed by atoms with van der Waals surface area (Å²) in [7, 11) is 0.464. The highest BCUT2D eigenvalue weighted by molar-refractivity contribution is 7.88. The van der Waals surface area contributed by atoms with Gasteiger partial charge in [-0.15, -0.1) is 11.3 Å². The van der Waals surface area contributed by atoms with Crippen molar-refractivity contribution >= 4 is 38.6 Å². The van der Waals surface area contributed by atoms with Crippen LogP contribution in [-0.4, -0.2) is 45.0 Å². The third-order valence-electron chi connectivity index (χ3n) is 3.89. The molecule has 1 amide bonds. The summed E-state index contributed by atoms with van der Waals surface area (Å²) in [5, 5.41) is 4.73. The van der Waals surface area contributed by atoms with Crippen LogP contribution in [0.3, 0.4) is 0 Å². The zero-order valence-corrected chi connectivity index (χ0v) is 17.3. The maximum Gasteiger partial charge on any atom is 0.265 e. The number of amides is 1. The van der Waals surface area contributed by atoms with E-state index in [2.05, 4.69) is 5.32 Å². The van der Waals surface area contributed by atoms with Crippen molar-refractivity contribution in [1.29, 1.82) is 0 Å². The average molecular weight is 396 g/mol. The molecule has 6 nitrogen and oxygen atoms in total. The number of carbonyl (C=O) groups is 1. The lowest BCUT2D eigenvalue weighted by atomic mass is 10.1. The van der Waals surface area contributed by atoms with Gasteiger partial charge in [0, 0.05) is 38.1 Å². The quantitative estimate of drug-likeness (QED) is 0.781. The Morgan fingerprint density at radius 3 is 2.42 bits per heavy atom. The maximum atomic E-state index is 12.3. The lowest BCUT2D eigenvalue weighted by Gasteiger charge is -2.27. The Labute approximate surface area is 159 Å². The fourth-order valence-corrected chi connectivity index (χ4v) is 4.44. The van der Waals surface area contributed by atoms with Crippen LogP contribution in [0, 0.1) is 0 Å². The van der Waals surface area contributed by atoms with Crippen LogP contribution in [0.25, 0.3) is 0 Å². The molecular weight excluding hydrogens is 370 g/mol. The molecule has 0 aliphatic carbocycles. The van der Waals surface area contributed by atoms with Crippen molar-refractivity contribution in [1.82, 2.24) is 4.31 Å².